The molecule has 1 saturated heterocycles. The summed E-state index contributed by atoms with van der Waals surface area (Å²) in [5, 5.41) is 5.69. The fraction of sp³-hybridized carbons (Fsp3) is 0.469. The number of aromatic nitrogens is 3. The van der Waals surface area contributed by atoms with Gasteiger partial charge in [-0.15, -0.1) is 11.3 Å². The van der Waals surface area contributed by atoms with E-state index < -0.39 is 29.4 Å². The average molecular weight is 678 g/mol. The Morgan fingerprint density at radius 3 is 2.59 bits per heavy atom. The number of hydrogen-bond acceptors (Lipinski definition) is 9. The zero-order valence-corrected chi connectivity index (χ0v) is 28.9. The first-order valence-corrected chi connectivity index (χ1v) is 15.9. The Hall–Kier alpha value is -3.84. The highest BCUT2D eigenvalue weighted by Crippen LogP contribution is 2.30. The Labute approximate surface area is 278 Å². The lowest BCUT2D eigenvalue weighted by Gasteiger charge is -2.30. The molecule has 3 heterocycles. The minimum atomic E-state index is -3.24. The number of halogens is 3. The molecule has 2 atom stereocenters. The first-order valence-electron chi connectivity index (χ1n) is 14.7. The summed E-state index contributed by atoms with van der Waals surface area (Å²) in [7, 11) is 1.96. The van der Waals surface area contributed by atoms with Crippen LogP contribution in [0.4, 0.5) is 14.6 Å². The molecule has 0 aliphatic carbocycles. The molecular weight excluding hydrogens is 636 g/mol. The van der Waals surface area contributed by atoms with E-state index in [1.807, 2.05) is 32.7 Å². The largest absolute Gasteiger partial charge is 0.474 e. The van der Waals surface area contributed by atoms with Gasteiger partial charge in [0.05, 0.1) is 12.2 Å². The van der Waals surface area contributed by atoms with Crippen molar-refractivity contribution in [3.05, 3.63) is 81.7 Å². The number of rotatable bonds is 13. The lowest BCUT2D eigenvalue weighted by atomic mass is 10.1. The number of ether oxygens (including phenoxy) is 1. The summed E-state index contributed by atoms with van der Waals surface area (Å²) in [5.41, 5.74) is -0.428. The number of nitrogens with one attached hydrogen (secondary N) is 2. The van der Waals surface area contributed by atoms with Crippen LogP contribution in [0.25, 0.3) is 0 Å². The number of thiazole rings is 1. The van der Waals surface area contributed by atoms with Crippen molar-refractivity contribution in [1.82, 2.24) is 30.5 Å². The second-order valence-corrected chi connectivity index (χ2v) is 13.7. The molecule has 3 rings (SSSR count). The number of carbonyl (C=O) groups excluding carboxylic acids is 2. The van der Waals surface area contributed by atoms with Gasteiger partial charge in [-0.1, -0.05) is 24.3 Å². The van der Waals surface area contributed by atoms with E-state index in [1.165, 1.54) is 19.4 Å². The predicted octanol–water partition coefficient (Wildman–Crippen LogP) is 6.44. The highest BCUT2D eigenvalue weighted by molar-refractivity contribution is 7.13. The Kier molecular flexibility index (Phi) is 12.1. The highest BCUT2D eigenvalue weighted by Gasteiger charge is 2.29. The molecule has 0 saturated carbocycles. The molecule has 2 aromatic rings. The van der Waals surface area contributed by atoms with Gasteiger partial charge in [0, 0.05) is 56.0 Å². The maximum absolute atomic E-state index is 14.0. The molecule has 2 N–H and O–H groups in total. The SMILES string of the molecule is C=C/C(Cl)=C(\C=C(/C)NC(=O)c1cnc(C(C)NC(=O)c2cc(N3CCC(CN(C)C(=C)OC(C)(C)C)C3)ncn2)s1)C(C)(F)F. The van der Waals surface area contributed by atoms with Gasteiger partial charge in [-0.3, -0.25) is 9.59 Å². The summed E-state index contributed by atoms with van der Waals surface area (Å²) in [5.74, 6) is -2.54. The molecule has 1 fully saturated rings. The van der Waals surface area contributed by atoms with Crippen molar-refractivity contribution < 1.29 is 23.1 Å². The van der Waals surface area contributed by atoms with Crippen LogP contribution in [-0.2, 0) is 4.74 Å². The Morgan fingerprint density at radius 1 is 1.26 bits per heavy atom. The molecule has 10 nitrogen and oxygen atoms in total. The van der Waals surface area contributed by atoms with Crippen molar-refractivity contribution in [2.45, 2.75) is 65.5 Å². The van der Waals surface area contributed by atoms with Gasteiger partial charge < -0.3 is 25.2 Å². The molecule has 1 aliphatic rings. The quantitative estimate of drug-likeness (QED) is 0.184. The van der Waals surface area contributed by atoms with E-state index in [0.717, 1.165) is 49.5 Å². The number of carbonyl (C=O) groups is 2. The van der Waals surface area contributed by atoms with Gasteiger partial charge in [0.1, 0.15) is 33.3 Å². The van der Waals surface area contributed by atoms with E-state index in [0.29, 0.717) is 29.6 Å². The van der Waals surface area contributed by atoms with Crippen LogP contribution in [0.2, 0.25) is 0 Å². The molecule has 2 aromatic heterocycles. The van der Waals surface area contributed by atoms with Crippen LogP contribution < -0.4 is 15.5 Å². The number of nitrogens with zero attached hydrogens (tertiary/aromatic N) is 5. The lowest BCUT2D eigenvalue weighted by Crippen LogP contribution is -2.32. The molecule has 1 aliphatic heterocycles. The van der Waals surface area contributed by atoms with Crippen molar-refractivity contribution >= 4 is 40.6 Å². The summed E-state index contributed by atoms with van der Waals surface area (Å²) in [6, 6.07) is 1.12. The van der Waals surface area contributed by atoms with E-state index in [1.54, 1.807) is 13.0 Å². The normalized spacial score (nSPS) is 16.8. The molecular formula is C32H42ClF2N7O3S. The summed E-state index contributed by atoms with van der Waals surface area (Å²) in [4.78, 5) is 43.1. The maximum atomic E-state index is 14.0. The van der Waals surface area contributed by atoms with Gasteiger partial charge in [-0.25, -0.2) is 23.7 Å². The van der Waals surface area contributed by atoms with Crippen molar-refractivity contribution in [1.29, 1.82) is 0 Å². The lowest BCUT2D eigenvalue weighted by molar-refractivity contribution is 0.00675. The van der Waals surface area contributed by atoms with Gasteiger partial charge >= 0.3 is 0 Å². The molecule has 2 amide bonds. The minimum Gasteiger partial charge on any atom is -0.474 e. The van der Waals surface area contributed by atoms with Crippen LogP contribution in [0, 0.1) is 5.92 Å². The van der Waals surface area contributed by atoms with Crippen LogP contribution in [0.15, 0.2) is 66.1 Å². The molecule has 14 heteroatoms. The first kappa shape index (κ1) is 36.6. The van der Waals surface area contributed by atoms with E-state index in [-0.39, 0.29) is 26.9 Å². The maximum Gasteiger partial charge on any atom is 0.272 e. The van der Waals surface area contributed by atoms with Crippen molar-refractivity contribution in [3.8, 4) is 0 Å². The van der Waals surface area contributed by atoms with E-state index in [4.69, 9.17) is 16.3 Å². The van der Waals surface area contributed by atoms with Crippen LogP contribution in [0.3, 0.4) is 0 Å². The second kappa shape index (κ2) is 15.2. The topological polar surface area (TPSA) is 113 Å². The standard InChI is InChI=1S/C32H42ClF2N7O3S/c1-10-24(33)23(32(8,34)35)13-19(2)39-29(44)26-15-36-30(46-26)20(3)40-28(43)25-14-27(38-18-37-25)42-12-11-22(17-42)16-41(9)21(4)45-31(5,6)7/h10,13-15,18,20,22H,1,4,11-12,16-17H2,2-3,5-9H3,(H,39,44)(H,40,43)/b19-13+,24-23-. The Bertz CT molecular complexity index is 1510. The molecule has 2 unspecified atom stereocenters. The van der Waals surface area contributed by atoms with Crippen molar-refractivity contribution in [2.75, 3.05) is 31.6 Å². The van der Waals surface area contributed by atoms with Crippen LogP contribution >= 0.6 is 22.9 Å². The van der Waals surface area contributed by atoms with E-state index in [9.17, 15) is 18.4 Å². The first-order chi connectivity index (χ1) is 21.4. The molecule has 0 spiro atoms. The Balaban J connectivity index is 1.59. The predicted molar refractivity (Wildman–Crippen MR) is 178 cm³/mol. The second-order valence-electron chi connectivity index (χ2n) is 12.2. The molecule has 0 bridgehead atoms. The Morgan fingerprint density at radius 2 is 1.96 bits per heavy atom. The highest BCUT2D eigenvalue weighted by atomic mass is 35.5. The van der Waals surface area contributed by atoms with Gasteiger partial charge in [0.25, 0.3) is 17.7 Å². The van der Waals surface area contributed by atoms with Gasteiger partial charge in [-0.2, -0.15) is 0 Å². The summed E-state index contributed by atoms with van der Waals surface area (Å²) in [6.07, 6.45) is 5.90. The van der Waals surface area contributed by atoms with E-state index >= 15 is 0 Å². The van der Waals surface area contributed by atoms with Gasteiger partial charge in [0.2, 0.25) is 0 Å². The number of alkyl halides is 2. The zero-order valence-electron chi connectivity index (χ0n) is 27.3. The minimum absolute atomic E-state index is 0.161. The fourth-order valence-electron chi connectivity index (χ4n) is 4.69. The van der Waals surface area contributed by atoms with Crippen molar-refractivity contribution in [3.63, 3.8) is 0 Å². The van der Waals surface area contributed by atoms with E-state index in [2.05, 4.69) is 43.6 Å². The van der Waals surface area contributed by atoms with Crippen molar-refractivity contribution in [2.24, 2.45) is 5.92 Å². The summed E-state index contributed by atoms with van der Waals surface area (Å²) >= 11 is 6.96. The zero-order chi connectivity index (χ0) is 34.4. The summed E-state index contributed by atoms with van der Waals surface area (Å²) in [6.45, 7) is 19.7. The molecule has 0 radical (unpaired) electrons. The third kappa shape index (κ3) is 10.3. The van der Waals surface area contributed by atoms with Gasteiger partial charge in [0.15, 0.2) is 5.88 Å². The monoisotopic (exact) mass is 677 g/mol. The number of anilines is 1. The third-order valence-electron chi connectivity index (χ3n) is 6.92. The average Bonchev–Trinajstić information content (AvgIpc) is 3.65. The van der Waals surface area contributed by atoms with Crippen LogP contribution in [-0.4, -0.2) is 69.9 Å². The molecule has 46 heavy (non-hydrogen) atoms. The number of amides is 2. The summed E-state index contributed by atoms with van der Waals surface area (Å²) < 4.78 is 33.8. The smallest absolute Gasteiger partial charge is 0.272 e. The van der Waals surface area contributed by atoms with Gasteiger partial charge in [-0.05, 0) is 59.6 Å². The number of hydrogen-bond donors (Lipinski definition) is 2. The van der Waals surface area contributed by atoms with Crippen LogP contribution in [0.5, 0.6) is 0 Å². The number of allylic oxidation sites excluding steroid dienone is 5. The molecule has 250 valence electrons. The third-order valence-corrected chi connectivity index (χ3v) is 8.46. The van der Waals surface area contributed by atoms with Crippen LogP contribution in [0.1, 0.15) is 79.2 Å². The fourth-order valence-corrected chi connectivity index (χ4v) is 5.72. The molecule has 0 aromatic carbocycles.